The highest BCUT2D eigenvalue weighted by molar-refractivity contribution is 6.71. The predicted molar refractivity (Wildman–Crippen MR) is 92.6 cm³/mol. The second-order valence-electron chi connectivity index (χ2n) is 6.22. The van der Waals surface area contributed by atoms with Crippen molar-refractivity contribution >= 4 is 26.2 Å². The Morgan fingerprint density at radius 2 is 1.70 bits per heavy atom. The van der Waals surface area contributed by atoms with Crippen LogP contribution in [0.5, 0.6) is 0 Å². The van der Waals surface area contributed by atoms with Crippen molar-refractivity contribution in [3.63, 3.8) is 0 Å². The molecular weight excluding hydrogens is 308 g/mol. The maximum Gasteiger partial charge on any atom is 0.331 e. The highest BCUT2D eigenvalue weighted by atomic mass is 28.3. The van der Waals surface area contributed by atoms with Gasteiger partial charge in [0.05, 0.1) is 6.61 Å². The van der Waals surface area contributed by atoms with Crippen LogP contribution in [-0.4, -0.2) is 27.6 Å². The first-order valence-electron chi connectivity index (χ1n) is 7.84. The number of hydrogen-bond donors (Lipinski definition) is 0. The number of ether oxygens (including phenoxy) is 1. The Morgan fingerprint density at radius 3 is 2.26 bits per heavy atom. The molecule has 0 fully saturated rings. The molecule has 125 valence electrons. The van der Waals surface area contributed by atoms with Crippen LogP contribution in [-0.2, 0) is 18.8 Å². The molecule has 1 radical (unpaired) electrons. The number of rotatable bonds is 7. The largest absolute Gasteiger partial charge is 0.509 e. The summed E-state index contributed by atoms with van der Waals surface area (Å²) in [5.41, 5.74) is 0. The first-order valence-corrected chi connectivity index (χ1v) is 9.25. The molecule has 5 heteroatoms. The van der Waals surface area contributed by atoms with E-state index in [1.54, 1.807) is 0 Å². The third-order valence-electron chi connectivity index (χ3n) is 3.02. The van der Waals surface area contributed by atoms with E-state index in [0.717, 1.165) is 30.2 Å². The van der Waals surface area contributed by atoms with E-state index >= 15 is 0 Å². The molecule has 0 spiro atoms. The van der Waals surface area contributed by atoms with Crippen LogP contribution in [0, 0.1) is 0 Å². The molecule has 0 amide bonds. The van der Waals surface area contributed by atoms with E-state index in [-0.39, 0.29) is 5.04 Å². The smallest absolute Gasteiger partial charge is 0.331 e. The molecule has 23 heavy (non-hydrogen) atoms. The van der Waals surface area contributed by atoms with Crippen LogP contribution in [0.3, 0.4) is 0 Å². The van der Waals surface area contributed by atoms with E-state index in [0.29, 0.717) is 6.61 Å². The van der Waals surface area contributed by atoms with E-state index in [1.807, 2.05) is 58.0 Å². The molecule has 0 bridgehead atoms. The average Bonchev–Trinajstić information content (AvgIpc) is 2.50. The van der Waals surface area contributed by atoms with Crippen molar-refractivity contribution in [1.82, 2.24) is 0 Å². The van der Waals surface area contributed by atoms with Gasteiger partial charge >= 0.3 is 21.0 Å². The Balaban J connectivity index is 2.66. The van der Waals surface area contributed by atoms with Crippen molar-refractivity contribution in [3.8, 4) is 0 Å². The van der Waals surface area contributed by atoms with Gasteiger partial charge in [0.25, 0.3) is 0 Å². The molecular formula is C18H25O4Si. The summed E-state index contributed by atoms with van der Waals surface area (Å²) in [4.78, 5) is 23.5. The molecule has 0 aliphatic rings. The molecule has 0 atom stereocenters. The first kappa shape index (κ1) is 19.2. The van der Waals surface area contributed by atoms with E-state index < -0.39 is 21.0 Å². The highest BCUT2D eigenvalue weighted by Crippen LogP contribution is 2.27. The lowest BCUT2D eigenvalue weighted by Crippen LogP contribution is -2.42. The highest BCUT2D eigenvalue weighted by Gasteiger charge is 2.34. The van der Waals surface area contributed by atoms with Crippen LogP contribution in [0.2, 0.25) is 5.04 Å². The van der Waals surface area contributed by atoms with Gasteiger partial charge in [-0.05, 0) is 16.6 Å². The van der Waals surface area contributed by atoms with Gasteiger partial charge in [0.1, 0.15) is 0 Å². The lowest BCUT2D eigenvalue weighted by Gasteiger charge is -2.27. The minimum atomic E-state index is -1.56. The fourth-order valence-electron chi connectivity index (χ4n) is 1.87. The molecule has 1 aromatic carbocycles. The van der Waals surface area contributed by atoms with E-state index in [9.17, 15) is 9.59 Å². The summed E-state index contributed by atoms with van der Waals surface area (Å²) < 4.78 is 10.6. The molecule has 0 N–H and O–H groups in total. The van der Waals surface area contributed by atoms with Gasteiger partial charge in [-0.2, -0.15) is 0 Å². The monoisotopic (exact) mass is 333 g/mol. The van der Waals surface area contributed by atoms with E-state index in [4.69, 9.17) is 9.16 Å². The minimum Gasteiger partial charge on any atom is -0.509 e. The molecule has 0 aromatic heterocycles. The number of esters is 1. The summed E-state index contributed by atoms with van der Waals surface area (Å²) in [6.07, 6.45) is 4.04. The van der Waals surface area contributed by atoms with Gasteiger partial charge in [-0.15, -0.1) is 0 Å². The van der Waals surface area contributed by atoms with Crippen LogP contribution in [0.15, 0.2) is 42.5 Å². The van der Waals surface area contributed by atoms with Crippen molar-refractivity contribution in [3.05, 3.63) is 42.5 Å². The second kappa shape index (κ2) is 9.30. The van der Waals surface area contributed by atoms with Crippen LogP contribution in [0.1, 0.15) is 40.5 Å². The van der Waals surface area contributed by atoms with Gasteiger partial charge in [-0.25, -0.2) is 9.59 Å². The maximum absolute atomic E-state index is 12.0. The van der Waals surface area contributed by atoms with Crippen molar-refractivity contribution in [2.24, 2.45) is 0 Å². The summed E-state index contributed by atoms with van der Waals surface area (Å²) in [6, 6.07) is 9.73. The van der Waals surface area contributed by atoms with Crippen LogP contribution in [0.25, 0.3) is 0 Å². The van der Waals surface area contributed by atoms with Crippen molar-refractivity contribution in [2.75, 3.05) is 6.61 Å². The van der Waals surface area contributed by atoms with E-state index in [2.05, 4.69) is 0 Å². The van der Waals surface area contributed by atoms with Crippen LogP contribution in [0.4, 0.5) is 0 Å². The topological polar surface area (TPSA) is 52.6 Å². The molecule has 1 aromatic rings. The molecule has 0 aliphatic heterocycles. The van der Waals surface area contributed by atoms with Gasteiger partial charge in [-0.1, -0.05) is 64.4 Å². The Kier molecular flexibility index (Phi) is 7.75. The Hall–Kier alpha value is -1.88. The number of carbonyl (C=O) groups excluding carboxylic acids is 2. The van der Waals surface area contributed by atoms with Crippen LogP contribution >= 0.6 is 0 Å². The number of carbonyl (C=O) groups is 2. The Labute approximate surface area is 140 Å². The van der Waals surface area contributed by atoms with Gasteiger partial charge in [-0.3, -0.25) is 0 Å². The molecule has 0 unspecified atom stereocenters. The zero-order chi connectivity index (χ0) is 17.3. The molecule has 0 saturated heterocycles. The summed E-state index contributed by atoms with van der Waals surface area (Å²) in [6.45, 7) is 8.52. The molecule has 0 heterocycles. The fraction of sp³-hybridized carbons (Fsp3) is 0.444. The molecule has 4 nitrogen and oxygen atoms in total. The average molecular weight is 333 g/mol. The Morgan fingerprint density at radius 1 is 1.09 bits per heavy atom. The minimum absolute atomic E-state index is 0.156. The first-order chi connectivity index (χ1) is 10.8. The third kappa shape index (κ3) is 7.28. The number of unbranched alkanes of at least 4 members (excludes halogenated alkanes) is 1. The summed E-state index contributed by atoms with van der Waals surface area (Å²) in [5, 5.41) is 0.870. The van der Waals surface area contributed by atoms with Gasteiger partial charge < -0.3 is 9.16 Å². The van der Waals surface area contributed by atoms with Gasteiger partial charge in [0.15, 0.2) is 0 Å². The normalized spacial score (nSPS) is 11.7. The summed E-state index contributed by atoms with van der Waals surface area (Å²) >= 11 is 0. The summed E-state index contributed by atoms with van der Waals surface area (Å²) in [5.74, 6) is -1.02. The van der Waals surface area contributed by atoms with Crippen molar-refractivity contribution < 1.29 is 18.8 Å². The summed E-state index contributed by atoms with van der Waals surface area (Å²) in [7, 11) is -1.56. The third-order valence-corrected chi connectivity index (χ3v) is 5.64. The Bertz CT molecular complexity index is 532. The lowest BCUT2D eigenvalue weighted by molar-refractivity contribution is -0.138. The standard InChI is InChI=1S/C18H25O4Si/c1-5-6-14-21-16(19)12-13-17(20)22-23(18(2,3)4)15-10-8-7-9-11-15/h7-13H,5-6,14H2,1-4H3/b13-12-. The van der Waals surface area contributed by atoms with Gasteiger partial charge in [0, 0.05) is 12.2 Å². The number of hydrogen-bond acceptors (Lipinski definition) is 4. The maximum atomic E-state index is 12.0. The lowest BCUT2D eigenvalue weighted by atomic mass is 10.2. The zero-order valence-corrected chi connectivity index (χ0v) is 15.3. The second-order valence-corrected chi connectivity index (χ2v) is 9.16. The quantitative estimate of drug-likeness (QED) is 0.333. The van der Waals surface area contributed by atoms with Crippen LogP contribution < -0.4 is 5.19 Å². The van der Waals surface area contributed by atoms with Gasteiger partial charge in [0.2, 0.25) is 0 Å². The molecule has 0 saturated carbocycles. The SMILES string of the molecule is CCCCOC(=O)/C=C\C(=O)O[Si](c1ccccc1)C(C)(C)C. The number of benzene rings is 1. The fourth-order valence-corrected chi connectivity index (χ4v) is 3.92. The predicted octanol–water partition coefficient (Wildman–Crippen LogP) is 3.13. The van der Waals surface area contributed by atoms with E-state index in [1.165, 1.54) is 0 Å². The zero-order valence-electron chi connectivity index (χ0n) is 14.3. The van der Waals surface area contributed by atoms with Crippen molar-refractivity contribution in [2.45, 2.75) is 45.6 Å². The van der Waals surface area contributed by atoms with Crippen molar-refractivity contribution in [1.29, 1.82) is 0 Å². The molecule has 1 rings (SSSR count). The molecule has 0 aliphatic carbocycles.